The maximum atomic E-state index is 12.8. The molecule has 1 saturated heterocycles. The third-order valence-corrected chi connectivity index (χ3v) is 4.77. The lowest BCUT2D eigenvalue weighted by Crippen LogP contribution is -2.34. The highest BCUT2D eigenvalue weighted by Crippen LogP contribution is 2.36. The summed E-state index contributed by atoms with van der Waals surface area (Å²) in [5.74, 6) is 1.11. The number of aromatic nitrogens is 3. The number of aromatic amines is 1. The fourth-order valence-electron chi connectivity index (χ4n) is 3.51. The van der Waals surface area contributed by atoms with E-state index in [1.54, 1.807) is 12.4 Å². The molecule has 3 aromatic rings. The van der Waals surface area contributed by atoms with Crippen LogP contribution in [-0.2, 0) is 4.79 Å². The number of ether oxygens (including phenoxy) is 1. The molecule has 7 heteroatoms. The van der Waals surface area contributed by atoms with Crippen molar-refractivity contribution in [3.8, 4) is 16.9 Å². The lowest BCUT2D eigenvalue weighted by molar-refractivity contribution is -0.134. The van der Waals surface area contributed by atoms with Crippen molar-refractivity contribution < 1.29 is 9.53 Å². The standard InChI is InChI=1S/C20H21N5O2/c21-18-11-14(8-9-22-18)16-12-23-24-20(16)17-7-4-10-25(17)19(26)13-27-15-5-2-1-3-6-15/h1-3,5-6,8-9,11-12,17H,4,7,10,13H2,(H2,21,22)(H,23,24)/t17-/m0/s1. The number of nitrogens with one attached hydrogen (secondary N) is 1. The Kier molecular flexibility index (Phi) is 4.74. The fraction of sp³-hybridized carbons (Fsp3) is 0.250. The number of carbonyl (C=O) groups excluding carboxylic acids is 1. The van der Waals surface area contributed by atoms with Gasteiger partial charge >= 0.3 is 0 Å². The lowest BCUT2D eigenvalue weighted by Gasteiger charge is -2.25. The fourth-order valence-corrected chi connectivity index (χ4v) is 3.51. The average molecular weight is 363 g/mol. The van der Waals surface area contributed by atoms with E-state index in [0.29, 0.717) is 18.1 Å². The molecule has 1 fully saturated rings. The monoisotopic (exact) mass is 363 g/mol. The molecule has 7 nitrogen and oxygen atoms in total. The molecule has 27 heavy (non-hydrogen) atoms. The van der Waals surface area contributed by atoms with Crippen LogP contribution in [0.2, 0.25) is 0 Å². The number of carbonyl (C=O) groups is 1. The summed E-state index contributed by atoms with van der Waals surface area (Å²) in [7, 11) is 0. The van der Waals surface area contributed by atoms with Crippen molar-refractivity contribution in [3.05, 3.63) is 60.6 Å². The predicted molar refractivity (Wildman–Crippen MR) is 102 cm³/mol. The van der Waals surface area contributed by atoms with E-state index in [2.05, 4.69) is 15.2 Å². The molecule has 4 rings (SSSR count). The van der Waals surface area contributed by atoms with Gasteiger partial charge in [0.1, 0.15) is 11.6 Å². The maximum Gasteiger partial charge on any atom is 0.261 e. The van der Waals surface area contributed by atoms with Crippen molar-refractivity contribution in [1.29, 1.82) is 0 Å². The van der Waals surface area contributed by atoms with Crippen LogP contribution < -0.4 is 10.5 Å². The second-order valence-corrected chi connectivity index (χ2v) is 6.51. The molecule has 0 radical (unpaired) electrons. The van der Waals surface area contributed by atoms with Crippen LogP contribution in [0.25, 0.3) is 11.1 Å². The topological polar surface area (TPSA) is 97.1 Å². The number of likely N-dealkylation sites (tertiary alicyclic amines) is 1. The second kappa shape index (κ2) is 7.49. The first-order valence-electron chi connectivity index (χ1n) is 8.95. The quantitative estimate of drug-likeness (QED) is 0.726. The Bertz CT molecular complexity index is 925. The summed E-state index contributed by atoms with van der Waals surface area (Å²) in [4.78, 5) is 18.7. The van der Waals surface area contributed by atoms with Gasteiger partial charge in [0.25, 0.3) is 5.91 Å². The number of rotatable bonds is 5. The van der Waals surface area contributed by atoms with Crippen LogP contribution in [0, 0.1) is 0 Å². The molecule has 1 aromatic carbocycles. The number of anilines is 1. The Labute approximate surface area is 157 Å². The number of amides is 1. The summed E-state index contributed by atoms with van der Waals surface area (Å²) in [6.45, 7) is 0.727. The Balaban J connectivity index is 1.52. The predicted octanol–water partition coefficient (Wildman–Crippen LogP) is 2.80. The van der Waals surface area contributed by atoms with E-state index in [-0.39, 0.29) is 18.6 Å². The van der Waals surface area contributed by atoms with Crippen LogP contribution in [-0.4, -0.2) is 39.1 Å². The summed E-state index contributed by atoms with van der Waals surface area (Å²) < 4.78 is 5.63. The molecule has 138 valence electrons. The van der Waals surface area contributed by atoms with E-state index in [4.69, 9.17) is 10.5 Å². The van der Waals surface area contributed by atoms with Gasteiger partial charge in [0.05, 0.1) is 17.9 Å². The number of hydrogen-bond acceptors (Lipinski definition) is 5. The first kappa shape index (κ1) is 17.1. The molecule has 0 aliphatic carbocycles. The van der Waals surface area contributed by atoms with Gasteiger partial charge in [-0.3, -0.25) is 9.89 Å². The third kappa shape index (κ3) is 3.62. The van der Waals surface area contributed by atoms with Gasteiger partial charge in [0.15, 0.2) is 6.61 Å². The third-order valence-electron chi connectivity index (χ3n) is 4.77. The summed E-state index contributed by atoms with van der Waals surface area (Å²) in [5, 5.41) is 7.28. The van der Waals surface area contributed by atoms with Gasteiger partial charge in [-0.25, -0.2) is 4.98 Å². The molecular formula is C20H21N5O2. The number of pyridine rings is 1. The Morgan fingerprint density at radius 2 is 2.15 bits per heavy atom. The van der Waals surface area contributed by atoms with Gasteiger partial charge in [-0.05, 0) is 42.7 Å². The summed E-state index contributed by atoms with van der Waals surface area (Å²) >= 11 is 0. The number of benzene rings is 1. The minimum Gasteiger partial charge on any atom is -0.484 e. The van der Waals surface area contributed by atoms with Crippen LogP contribution in [0.4, 0.5) is 5.82 Å². The first-order chi connectivity index (χ1) is 13.2. The van der Waals surface area contributed by atoms with Gasteiger partial charge in [0, 0.05) is 18.3 Å². The second-order valence-electron chi connectivity index (χ2n) is 6.51. The number of nitrogen functional groups attached to an aromatic ring is 1. The Hall–Kier alpha value is -3.35. The SMILES string of the molecule is Nc1cc(-c2cn[nH]c2[C@@H]2CCCN2C(=O)COc2ccccc2)ccn1. The molecule has 2 aromatic heterocycles. The normalized spacial score (nSPS) is 16.4. The smallest absolute Gasteiger partial charge is 0.261 e. The van der Waals surface area contributed by atoms with E-state index in [1.165, 1.54) is 0 Å². The molecule has 0 saturated carbocycles. The van der Waals surface area contributed by atoms with E-state index in [0.717, 1.165) is 29.7 Å². The zero-order chi connectivity index (χ0) is 18.6. The highest BCUT2D eigenvalue weighted by atomic mass is 16.5. The molecule has 0 bridgehead atoms. The lowest BCUT2D eigenvalue weighted by atomic mass is 10.0. The Morgan fingerprint density at radius 3 is 2.96 bits per heavy atom. The van der Waals surface area contributed by atoms with Gasteiger partial charge in [-0.2, -0.15) is 5.10 Å². The summed E-state index contributed by atoms with van der Waals surface area (Å²) in [6.07, 6.45) is 5.27. The summed E-state index contributed by atoms with van der Waals surface area (Å²) in [5.41, 5.74) is 8.62. The molecule has 3 N–H and O–H groups in total. The Morgan fingerprint density at radius 1 is 1.30 bits per heavy atom. The molecule has 1 amide bonds. The molecule has 1 aliphatic heterocycles. The van der Waals surface area contributed by atoms with Crippen molar-refractivity contribution >= 4 is 11.7 Å². The molecule has 3 heterocycles. The van der Waals surface area contributed by atoms with Gasteiger partial charge < -0.3 is 15.4 Å². The largest absolute Gasteiger partial charge is 0.484 e. The zero-order valence-electron chi connectivity index (χ0n) is 14.8. The number of H-pyrrole nitrogens is 1. The minimum atomic E-state index is -0.0521. The van der Waals surface area contributed by atoms with Gasteiger partial charge in [-0.15, -0.1) is 0 Å². The van der Waals surface area contributed by atoms with Gasteiger partial charge in [-0.1, -0.05) is 18.2 Å². The van der Waals surface area contributed by atoms with E-state index >= 15 is 0 Å². The number of hydrogen-bond donors (Lipinski definition) is 2. The van der Waals surface area contributed by atoms with Gasteiger partial charge in [0.2, 0.25) is 0 Å². The first-order valence-corrected chi connectivity index (χ1v) is 8.95. The maximum absolute atomic E-state index is 12.8. The van der Waals surface area contributed by atoms with Crippen molar-refractivity contribution in [1.82, 2.24) is 20.1 Å². The number of nitrogens with two attached hydrogens (primary N) is 1. The van der Waals surface area contributed by atoms with Crippen molar-refractivity contribution in [2.24, 2.45) is 0 Å². The van der Waals surface area contributed by atoms with Crippen LogP contribution in [0.3, 0.4) is 0 Å². The zero-order valence-corrected chi connectivity index (χ0v) is 14.8. The molecule has 0 spiro atoms. The highest BCUT2D eigenvalue weighted by molar-refractivity contribution is 5.79. The molecular weight excluding hydrogens is 342 g/mol. The van der Waals surface area contributed by atoms with Crippen molar-refractivity contribution in [2.45, 2.75) is 18.9 Å². The van der Waals surface area contributed by atoms with Crippen LogP contribution in [0.15, 0.2) is 54.9 Å². The molecule has 0 unspecified atom stereocenters. The summed E-state index contributed by atoms with van der Waals surface area (Å²) in [6, 6.07) is 13.0. The van der Waals surface area contributed by atoms with Crippen molar-refractivity contribution in [3.63, 3.8) is 0 Å². The molecule has 1 aliphatic rings. The highest BCUT2D eigenvalue weighted by Gasteiger charge is 2.33. The minimum absolute atomic E-state index is 0.0200. The van der Waals surface area contributed by atoms with Crippen LogP contribution in [0.5, 0.6) is 5.75 Å². The molecule has 1 atom stereocenters. The van der Waals surface area contributed by atoms with Crippen LogP contribution in [0.1, 0.15) is 24.6 Å². The average Bonchev–Trinajstić information content (AvgIpc) is 3.36. The van der Waals surface area contributed by atoms with Crippen molar-refractivity contribution in [2.75, 3.05) is 18.9 Å². The van der Waals surface area contributed by atoms with E-state index in [9.17, 15) is 4.79 Å². The van der Waals surface area contributed by atoms with Crippen LogP contribution >= 0.6 is 0 Å². The number of para-hydroxylation sites is 1. The van der Waals surface area contributed by atoms with E-state index in [1.807, 2.05) is 47.4 Å². The number of nitrogens with zero attached hydrogens (tertiary/aromatic N) is 3. The van der Waals surface area contributed by atoms with E-state index < -0.39 is 0 Å².